The van der Waals surface area contributed by atoms with E-state index in [9.17, 15) is 0 Å². The second-order valence-corrected chi connectivity index (χ2v) is 5.06. The highest BCUT2D eigenvalue weighted by Gasteiger charge is 2.06. The maximum Gasteiger partial charge on any atom is 0.230 e. The second-order valence-electron chi connectivity index (χ2n) is 4.21. The number of rotatable bonds is 2. The highest BCUT2D eigenvalue weighted by Crippen LogP contribution is 2.28. The van der Waals surface area contributed by atoms with Crippen LogP contribution in [0.1, 0.15) is 5.56 Å². The van der Waals surface area contributed by atoms with Gasteiger partial charge in [0.1, 0.15) is 12.1 Å². The summed E-state index contributed by atoms with van der Waals surface area (Å²) in [4.78, 5) is 8.43. The normalized spacial score (nSPS) is 10.6. The Balaban J connectivity index is 2.03. The van der Waals surface area contributed by atoms with Gasteiger partial charge in [0.05, 0.1) is 10.9 Å². The lowest BCUT2D eigenvalue weighted by atomic mass is 10.2. The van der Waals surface area contributed by atoms with Gasteiger partial charge in [-0.15, -0.1) is 0 Å². The molecule has 1 heterocycles. The number of aromatic nitrogens is 2. The Kier molecular flexibility index (Phi) is 3.17. The molecule has 0 bridgehead atoms. The molecule has 19 heavy (non-hydrogen) atoms. The van der Waals surface area contributed by atoms with Gasteiger partial charge in [-0.05, 0) is 42.8 Å². The fraction of sp³-hybridized carbons (Fsp3) is 0.0667. The standard InChI is InChI=1S/C15H11BrN2O/c1-10-8-11(6-7-13(10)16)19-15-12-4-2-3-5-14(12)17-9-18-15/h2-9H,1H3. The van der Waals surface area contributed by atoms with Gasteiger partial charge in [-0.25, -0.2) is 9.97 Å². The highest BCUT2D eigenvalue weighted by atomic mass is 79.9. The number of nitrogens with zero attached hydrogens (tertiary/aromatic N) is 2. The van der Waals surface area contributed by atoms with E-state index >= 15 is 0 Å². The van der Waals surface area contributed by atoms with Crippen molar-refractivity contribution in [3.8, 4) is 11.6 Å². The summed E-state index contributed by atoms with van der Waals surface area (Å²) in [6, 6.07) is 13.6. The van der Waals surface area contributed by atoms with Crippen molar-refractivity contribution in [3.05, 3.63) is 58.8 Å². The van der Waals surface area contributed by atoms with Gasteiger partial charge in [-0.2, -0.15) is 0 Å². The molecule has 3 nitrogen and oxygen atoms in total. The zero-order chi connectivity index (χ0) is 13.2. The highest BCUT2D eigenvalue weighted by molar-refractivity contribution is 9.10. The number of halogens is 1. The predicted molar refractivity (Wildman–Crippen MR) is 78.5 cm³/mol. The Morgan fingerprint density at radius 1 is 1.05 bits per heavy atom. The Morgan fingerprint density at radius 3 is 2.74 bits per heavy atom. The maximum absolute atomic E-state index is 5.86. The largest absolute Gasteiger partial charge is 0.438 e. The van der Waals surface area contributed by atoms with Crippen molar-refractivity contribution in [2.24, 2.45) is 0 Å². The van der Waals surface area contributed by atoms with E-state index in [1.165, 1.54) is 6.33 Å². The van der Waals surface area contributed by atoms with Crippen LogP contribution in [0.4, 0.5) is 0 Å². The molecule has 0 aliphatic carbocycles. The Bertz CT molecular complexity index is 738. The van der Waals surface area contributed by atoms with Crippen LogP contribution in [0, 0.1) is 6.92 Å². The summed E-state index contributed by atoms with van der Waals surface area (Å²) < 4.78 is 6.92. The third-order valence-electron chi connectivity index (χ3n) is 2.85. The minimum absolute atomic E-state index is 0.576. The molecule has 0 atom stereocenters. The molecule has 94 valence electrons. The first-order valence-electron chi connectivity index (χ1n) is 5.88. The average Bonchev–Trinajstić information content (AvgIpc) is 2.43. The molecule has 3 aromatic rings. The van der Waals surface area contributed by atoms with Crippen molar-refractivity contribution < 1.29 is 4.74 Å². The molecule has 0 aliphatic heterocycles. The molecule has 0 N–H and O–H groups in total. The molecule has 4 heteroatoms. The molecule has 0 saturated carbocycles. The molecule has 0 fully saturated rings. The summed E-state index contributed by atoms with van der Waals surface area (Å²) in [6.45, 7) is 2.02. The van der Waals surface area contributed by atoms with E-state index in [1.54, 1.807) is 0 Å². The summed E-state index contributed by atoms with van der Waals surface area (Å²) in [5.74, 6) is 1.34. The quantitative estimate of drug-likeness (QED) is 0.699. The van der Waals surface area contributed by atoms with Gasteiger partial charge < -0.3 is 4.74 Å². The van der Waals surface area contributed by atoms with E-state index in [0.717, 1.165) is 26.7 Å². The topological polar surface area (TPSA) is 35.0 Å². The molecule has 0 unspecified atom stereocenters. The van der Waals surface area contributed by atoms with Gasteiger partial charge in [-0.1, -0.05) is 28.1 Å². The van der Waals surface area contributed by atoms with Crippen molar-refractivity contribution in [1.29, 1.82) is 0 Å². The maximum atomic E-state index is 5.86. The summed E-state index contributed by atoms with van der Waals surface area (Å²) in [6.07, 6.45) is 1.52. The van der Waals surface area contributed by atoms with Crippen molar-refractivity contribution in [1.82, 2.24) is 9.97 Å². The number of aryl methyl sites for hydroxylation is 1. The fourth-order valence-corrected chi connectivity index (χ4v) is 2.10. The van der Waals surface area contributed by atoms with Crippen LogP contribution < -0.4 is 4.74 Å². The third-order valence-corrected chi connectivity index (χ3v) is 3.74. The minimum atomic E-state index is 0.576. The zero-order valence-electron chi connectivity index (χ0n) is 10.3. The van der Waals surface area contributed by atoms with Gasteiger partial charge in [0.15, 0.2) is 0 Å². The summed E-state index contributed by atoms with van der Waals surface area (Å²) in [5, 5.41) is 0.908. The first-order chi connectivity index (χ1) is 9.24. The van der Waals surface area contributed by atoms with Gasteiger partial charge in [-0.3, -0.25) is 0 Å². The Morgan fingerprint density at radius 2 is 1.89 bits per heavy atom. The van der Waals surface area contributed by atoms with Gasteiger partial charge in [0.2, 0.25) is 5.88 Å². The summed E-state index contributed by atoms with van der Waals surface area (Å²) in [7, 11) is 0. The molecular formula is C15H11BrN2O. The van der Waals surface area contributed by atoms with E-state index in [-0.39, 0.29) is 0 Å². The SMILES string of the molecule is Cc1cc(Oc2ncnc3ccccc23)ccc1Br. The first kappa shape index (κ1) is 12.1. The van der Waals surface area contributed by atoms with Crippen molar-refractivity contribution in [2.45, 2.75) is 6.92 Å². The molecular weight excluding hydrogens is 304 g/mol. The molecule has 0 aliphatic rings. The van der Waals surface area contributed by atoms with Crippen molar-refractivity contribution in [3.63, 3.8) is 0 Å². The number of hydrogen-bond donors (Lipinski definition) is 0. The van der Waals surface area contributed by atoms with E-state index in [1.807, 2.05) is 49.4 Å². The lowest BCUT2D eigenvalue weighted by Gasteiger charge is -2.08. The summed E-state index contributed by atoms with van der Waals surface area (Å²) >= 11 is 3.47. The molecule has 1 aromatic heterocycles. The zero-order valence-corrected chi connectivity index (χ0v) is 11.9. The van der Waals surface area contributed by atoms with Gasteiger partial charge >= 0.3 is 0 Å². The monoisotopic (exact) mass is 314 g/mol. The van der Waals surface area contributed by atoms with Crippen molar-refractivity contribution >= 4 is 26.8 Å². The smallest absolute Gasteiger partial charge is 0.230 e. The second kappa shape index (κ2) is 4.97. The van der Waals surface area contributed by atoms with Crippen LogP contribution in [0.3, 0.4) is 0 Å². The third kappa shape index (κ3) is 2.44. The van der Waals surface area contributed by atoms with Crippen LogP contribution in [0.2, 0.25) is 0 Å². The summed E-state index contributed by atoms with van der Waals surface area (Å²) in [5.41, 5.74) is 2.00. The Hall–Kier alpha value is -1.94. The van der Waals surface area contributed by atoms with E-state index < -0.39 is 0 Å². The van der Waals surface area contributed by atoms with Crippen LogP contribution in [0.25, 0.3) is 10.9 Å². The van der Waals surface area contributed by atoms with Crippen LogP contribution in [-0.4, -0.2) is 9.97 Å². The van der Waals surface area contributed by atoms with Gasteiger partial charge in [0, 0.05) is 4.47 Å². The predicted octanol–water partition coefficient (Wildman–Crippen LogP) is 4.49. The minimum Gasteiger partial charge on any atom is -0.438 e. The number of ether oxygens (including phenoxy) is 1. The van der Waals surface area contributed by atoms with Crippen LogP contribution >= 0.6 is 15.9 Å². The van der Waals surface area contributed by atoms with Crippen LogP contribution in [0.5, 0.6) is 11.6 Å². The van der Waals surface area contributed by atoms with Crippen LogP contribution in [0.15, 0.2) is 53.3 Å². The number of fused-ring (bicyclic) bond motifs is 1. The Labute approximate surface area is 119 Å². The average molecular weight is 315 g/mol. The number of hydrogen-bond acceptors (Lipinski definition) is 3. The molecule has 0 spiro atoms. The molecule has 0 radical (unpaired) electrons. The van der Waals surface area contributed by atoms with Crippen molar-refractivity contribution in [2.75, 3.05) is 0 Å². The lowest BCUT2D eigenvalue weighted by Crippen LogP contribution is -1.91. The number of para-hydroxylation sites is 1. The van der Waals surface area contributed by atoms with Crippen LogP contribution in [-0.2, 0) is 0 Å². The van der Waals surface area contributed by atoms with Gasteiger partial charge in [0.25, 0.3) is 0 Å². The fourth-order valence-electron chi connectivity index (χ4n) is 1.85. The molecule has 3 rings (SSSR count). The molecule has 0 saturated heterocycles. The number of benzene rings is 2. The van der Waals surface area contributed by atoms with E-state index in [4.69, 9.17) is 4.74 Å². The van der Waals surface area contributed by atoms with E-state index in [0.29, 0.717) is 5.88 Å². The first-order valence-corrected chi connectivity index (χ1v) is 6.67. The lowest BCUT2D eigenvalue weighted by molar-refractivity contribution is 0.467. The van der Waals surface area contributed by atoms with E-state index in [2.05, 4.69) is 25.9 Å². The molecule has 0 amide bonds. The molecule has 2 aromatic carbocycles.